The average molecular weight is 341 g/mol. The van der Waals surface area contributed by atoms with Crippen LogP contribution in [0.2, 0.25) is 0 Å². The lowest BCUT2D eigenvalue weighted by Gasteiger charge is -2.37. The molecule has 2 amide bonds. The maximum Gasteiger partial charge on any atom is 0.318 e. The van der Waals surface area contributed by atoms with Gasteiger partial charge in [0.25, 0.3) is 0 Å². The van der Waals surface area contributed by atoms with Gasteiger partial charge >= 0.3 is 12.0 Å². The number of carbonyl (C=O) groups excluding carboxylic acids is 2. The second kappa shape index (κ2) is 7.88. The van der Waals surface area contributed by atoms with Gasteiger partial charge in [-0.05, 0) is 24.6 Å². The van der Waals surface area contributed by atoms with Gasteiger partial charge < -0.3 is 19.5 Å². The predicted molar refractivity (Wildman–Crippen MR) is 94.1 cm³/mol. The zero-order chi connectivity index (χ0) is 17.6. The zero-order valence-corrected chi connectivity index (χ0v) is 14.4. The minimum absolute atomic E-state index is 0.132. The number of hydrogen-bond acceptors (Lipinski definition) is 3. The van der Waals surface area contributed by atoms with E-state index < -0.39 is 0 Å². The Hall–Kier alpha value is -2.76. The minimum atomic E-state index is -0.296. The fourth-order valence-corrected chi connectivity index (χ4v) is 3.19. The summed E-state index contributed by atoms with van der Waals surface area (Å²) in [6.07, 6.45) is 2.22. The summed E-state index contributed by atoms with van der Waals surface area (Å²) in [6.45, 7) is 3.77. The van der Waals surface area contributed by atoms with E-state index in [0.717, 1.165) is 17.8 Å². The molecule has 132 valence electrons. The van der Waals surface area contributed by atoms with Crippen molar-refractivity contribution >= 4 is 12.0 Å². The number of nitrogens with one attached hydrogen (secondary N) is 1. The summed E-state index contributed by atoms with van der Waals surface area (Å²) in [5.41, 5.74) is 2.17. The summed E-state index contributed by atoms with van der Waals surface area (Å²) in [6, 6.07) is 13.8. The van der Waals surface area contributed by atoms with Crippen LogP contribution in [0.4, 0.5) is 4.79 Å². The number of rotatable bonds is 5. The first-order chi connectivity index (χ1) is 12.2. The van der Waals surface area contributed by atoms with Crippen molar-refractivity contribution in [2.24, 2.45) is 0 Å². The Morgan fingerprint density at radius 2 is 1.96 bits per heavy atom. The molecule has 6 heteroatoms. The number of aromatic nitrogens is 1. The van der Waals surface area contributed by atoms with Crippen LogP contribution in [0, 0.1) is 0 Å². The SMILES string of the molecule is CCOC(=O)CCNC(=O)N1CCn2cccc2C1c1ccccc1. The van der Waals surface area contributed by atoms with Crippen molar-refractivity contribution in [2.45, 2.75) is 25.9 Å². The number of carbonyl (C=O) groups is 2. The standard InChI is InChI=1S/C19H23N3O3/c1-2-25-17(23)10-11-20-19(24)22-14-13-21-12-6-9-16(21)18(22)15-7-4-3-5-8-15/h3-9,12,18H,2,10-11,13-14H2,1H3,(H,20,24). The predicted octanol–water partition coefficient (Wildman–Crippen LogP) is 2.56. The van der Waals surface area contributed by atoms with Crippen LogP contribution in [0.5, 0.6) is 0 Å². The summed E-state index contributed by atoms with van der Waals surface area (Å²) in [5, 5.41) is 2.84. The molecule has 0 spiro atoms. The lowest BCUT2D eigenvalue weighted by molar-refractivity contribution is -0.142. The molecular formula is C19H23N3O3. The molecule has 2 aromatic rings. The van der Waals surface area contributed by atoms with Gasteiger partial charge in [0.15, 0.2) is 0 Å². The van der Waals surface area contributed by atoms with Crippen molar-refractivity contribution < 1.29 is 14.3 Å². The molecule has 0 aliphatic carbocycles. The van der Waals surface area contributed by atoms with Gasteiger partial charge in [0.05, 0.1) is 19.1 Å². The molecule has 0 saturated heterocycles. The smallest absolute Gasteiger partial charge is 0.318 e. The topological polar surface area (TPSA) is 63.6 Å². The Bertz CT molecular complexity index is 727. The largest absolute Gasteiger partial charge is 0.466 e. The Morgan fingerprint density at radius 1 is 1.16 bits per heavy atom. The van der Waals surface area contributed by atoms with E-state index in [1.807, 2.05) is 47.5 Å². The number of esters is 1. The molecule has 25 heavy (non-hydrogen) atoms. The van der Waals surface area contributed by atoms with Gasteiger partial charge in [-0.3, -0.25) is 4.79 Å². The number of nitrogens with zero attached hydrogens (tertiary/aromatic N) is 2. The fourth-order valence-electron chi connectivity index (χ4n) is 3.19. The molecule has 1 unspecified atom stereocenters. The average Bonchev–Trinajstić information content (AvgIpc) is 3.10. The second-order valence-corrected chi connectivity index (χ2v) is 5.92. The van der Waals surface area contributed by atoms with Crippen molar-refractivity contribution in [3.05, 3.63) is 59.9 Å². The van der Waals surface area contributed by atoms with Crippen molar-refractivity contribution in [3.63, 3.8) is 0 Å². The first-order valence-corrected chi connectivity index (χ1v) is 8.60. The highest BCUT2D eigenvalue weighted by atomic mass is 16.5. The molecule has 1 aliphatic heterocycles. The number of urea groups is 1. The van der Waals surface area contributed by atoms with Crippen LogP contribution in [0.25, 0.3) is 0 Å². The summed E-state index contributed by atoms with van der Waals surface area (Å²) < 4.78 is 7.07. The molecule has 1 atom stereocenters. The van der Waals surface area contributed by atoms with Crippen LogP contribution >= 0.6 is 0 Å². The van der Waals surface area contributed by atoms with Crippen molar-refractivity contribution in [3.8, 4) is 0 Å². The molecule has 0 bridgehead atoms. The quantitative estimate of drug-likeness (QED) is 0.850. The molecule has 0 fully saturated rings. The van der Waals surface area contributed by atoms with Crippen molar-refractivity contribution in [2.75, 3.05) is 19.7 Å². The normalized spacial score (nSPS) is 16.2. The molecule has 6 nitrogen and oxygen atoms in total. The Labute approximate surface area is 147 Å². The van der Waals surface area contributed by atoms with E-state index in [1.165, 1.54) is 0 Å². The van der Waals surface area contributed by atoms with Gasteiger partial charge in [0.2, 0.25) is 0 Å². The van der Waals surface area contributed by atoms with Crippen LogP contribution in [0.15, 0.2) is 48.7 Å². The maximum absolute atomic E-state index is 12.7. The zero-order valence-electron chi connectivity index (χ0n) is 14.4. The van der Waals surface area contributed by atoms with Crippen LogP contribution in [-0.4, -0.2) is 41.2 Å². The molecule has 2 heterocycles. The summed E-state index contributed by atoms with van der Waals surface area (Å²) >= 11 is 0. The number of fused-ring (bicyclic) bond motifs is 1. The van der Waals surface area contributed by atoms with Crippen molar-refractivity contribution in [1.82, 2.24) is 14.8 Å². The second-order valence-electron chi connectivity index (χ2n) is 5.92. The molecule has 1 aliphatic rings. The van der Waals surface area contributed by atoms with Gasteiger partial charge in [-0.2, -0.15) is 0 Å². The Balaban J connectivity index is 1.73. The van der Waals surface area contributed by atoms with Gasteiger partial charge in [0, 0.05) is 31.5 Å². The lowest BCUT2D eigenvalue weighted by atomic mass is 10.0. The molecule has 0 radical (unpaired) electrons. The third-order valence-electron chi connectivity index (χ3n) is 4.33. The first kappa shape index (κ1) is 17.1. The van der Waals surface area contributed by atoms with E-state index >= 15 is 0 Å². The number of hydrogen-bond donors (Lipinski definition) is 1. The molecule has 0 saturated carbocycles. The highest BCUT2D eigenvalue weighted by molar-refractivity contribution is 5.76. The highest BCUT2D eigenvalue weighted by Gasteiger charge is 2.31. The summed E-state index contributed by atoms with van der Waals surface area (Å²) in [7, 11) is 0. The van der Waals surface area contributed by atoms with E-state index in [4.69, 9.17) is 4.74 Å². The van der Waals surface area contributed by atoms with Gasteiger partial charge in [-0.25, -0.2) is 4.79 Å². The molecule has 3 rings (SSSR count). The van der Waals surface area contributed by atoms with E-state index in [9.17, 15) is 9.59 Å². The molecule has 1 aromatic carbocycles. The number of ether oxygens (including phenoxy) is 1. The van der Waals surface area contributed by atoms with Crippen LogP contribution in [0.1, 0.15) is 30.6 Å². The van der Waals surface area contributed by atoms with E-state index in [1.54, 1.807) is 6.92 Å². The van der Waals surface area contributed by atoms with Gasteiger partial charge in [-0.1, -0.05) is 30.3 Å². The molecule has 1 N–H and O–H groups in total. The monoisotopic (exact) mass is 341 g/mol. The van der Waals surface area contributed by atoms with E-state index in [0.29, 0.717) is 13.2 Å². The van der Waals surface area contributed by atoms with Crippen molar-refractivity contribution in [1.29, 1.82) is 0 Å². The summed E-state index contributed by atoms with van der Waals surface area (Å²) in [5.74, 6) is -0.296. The molecular weight excluding hydrogens is 318 g/mol. The Morgan fingerprint density at radius 3 is 2.72 bits per heavy atom. The van der Waals surface area contributed by atoms with Crippen LogP contribution < -0.4 is 5.32 Å². The molecule has 1 aromatic heterocycles. The fraction of sp³-hybridized carbons (Fsp3) is 0.368. The third-order valence-corrected chi connectivity index (χ3v) is 4.33. The van der Waals surface area contributed by atoms with Gasteiger partial charge in [0.1, 0.15) is 0 Å². The third kappa shape index (κ3) is 3.84. The van der Waals surface area contributed by atoms with E-state index in [-0.39, 0.29) is 31.0 Å². The van der Waals surface area contributed by atoms with E-state index in [2.05, 4.69) is 16.0 Å². The highest BCUT2D eigenvalue weighted by Crippen LogP contribution is 2.32. The number of benzene rings is 1. The van der Waals surface area contributed by atoms with Crippen LogP contribution in [-0.2, 0) is 16.1 Å². The first-order valence-electron chi connectivity index (χ1n) is 8.60. The lowest BCUT2D eigenvalue weighted by Crippen LogP contribution is -2.47. The Kier molecular flexibility index (Phi) is 5.38. The maximum atomic E-state index is 12.7. The minimum Gasteiger partial charge on any atom is -0.466 e. The van der Waals surface area contributed by atoms with Crippen LogP contribution in [0.3, 0.4) is 0 Å². The summed E-state index contributed by atoms with van der Waals surface area (Å²) in [4.78, 5) is 26.0. The van der Waals surface area contributed by atoms with Gasteiger partial charge in [-0.15, -0.1) is 0 Å². The number of amides is 2.